The third-order valence-electron chi connectivity index (χ3n) is 1.14. The molecule has 0 aliphatic carbocycles. The Labute approximate surface area is 63.5 Å². The molecule has 0 radical (unpaired) electrons. The van der Waals surface area contributed by atoms with Crippen LogP contribution in [0.2, 0.25) is 0 Å². The zero-order chi connectivity index (χ0) is 8.10. The lowest BCUT2D eigenvalue weighted by molar-refractivity contribution is 1.08. The molecule has 5 nitrogen and oxygen atoms in total. The number of H-pyrrole nitrogens is 1. The van der Waals surface area contributed by atoms with E-state index in [9.17, 15) is 4.91 Å². The Morgan fingerprint density at radius 2 is 2.73 bits per heavy atom. The van der Waals surface area contributed by atoms with E-state index in [1.54, 1.807) is 6.08 Å². The Hall–Kier alpha value is -1.65. The van der Waals surface area contributed by atoms with Gasteiger partial charge in [0.25, 0.3) is 0 Å². The van der Waals surface area contributed by atoms with Crippen LogP contribution in [-0.4, -0.2) is 16.7 Å². The fourth-order valence-electron chi connectivity index (χ4n) is 0.653. The number of nitrogens with one attached hydrogen (secondary N) is 2. The van der Waals surface area contributed by atoms with E-state index in [2.05, 4.69) is 27.3 Å². The molecule has 0 aromatic carbocycles. The zero-order valence-electron chi connectivity index (χ0n) is 5.87. The van der Waals surface area contributed by atoms with Crippen molar-refractivity contribution in [3.63, 3.8) is 0 Å². The molecule has 0 saturated heterocycles. The van der Waals surface area contributed by atoms with Crippen molar-refractivity contribution in [2.75, 3.05) is 11.9 Å². The molecule has 1 rings (SSSR count). The predicted molar refractivity (Wildman–Crippen MR) is 42.7 cm³/mol. The molecule has 0 aliphatic rings. The van der Waals surface area contributed by atoms with Gasteiger partial charge < -0.3 is 5.32 Å². The monoisotopic (exact) mass is 152 g/mol. The van der Waals surface area contributed by atoms with Crippen molar-refractivity contribution < 1.29 is 0 Å². The van der Waals surface area contributed by atoms with Gasteiger partial charge in [-0.2, -0.15) is 5.10 Å². The molecule has 0 aliphatic heterocycles. The van der Waals surface area contributed by atoms with E-state index in [0.717, 1.165) is 0 Å². The van der Waals surface area contributed by atoms with Gasteiger partial charge in [-0.1, -0.05) is 6.08 Å². The Balaban J connectivity index is 2.67. The van der Waals surface area contributed by atoms with Crippen molar-refractivity contribution in [2.24, 2.45) is 5.18 Å². The number of hydrogen-bond acceptors (Lipinski definition) is 4. The fraction of sp³-hybridized carbons (Fsp3) is 0.167. The maximum atomic E-state index is 10.1. The van der Waals surface area contributed by atoms with Crippen LogP contribution < -0.4 is 5.32 Å². The van der Waals surface area contributed by atoms with E-state index in [4.69, 9.17) is 0 Å². The highest BCUT2D eigenvalue weighted by Crippen LogP contribution is 2.19. The average Bonchev–Trinajstić information content (AvgIpc) is 2.47. The summed E-state index contributed by atoms with van der Waals surface area (Å²) in [4.78, 5) is 10.1. The lowest BCUT2D eigenvalue weighted by Crippen LogP contribution is -1.97. The molecular formula is C6H8N4O. The fourth-order valence-corrected chi connectivity index (χ4v) is 0.653. The van der Waals surface area contributed by atoms with Crippen LogP contribution in [0.15, 0.2) is 24.0 Å². The Morgan fingerprint density at radius 1 is 1.91 bits per heavy atom. The molecule has 0 bridgehead atoms. The first-order chi connectivity index (χ1) is 5.38. The summed E-state index contributed by atoms with van der Waals surface area (Å²) in [6, 6.07) is 0. The summed E-state index contributed by atoms with van der Waals surface area (Å²) in [5.74, 6) is 0.528. The van der Waals surface area contributed by atoms with Gasteiger partial charge >= 0.3 is 0 Å². The second kappa shape index (κ2) is 3.50. The van der Waals surface area contributed by atoms with E-state index in [1.165, 1.54) is 6.20 Å². The summed E-state index contributed by atoms with van der Waals surface area (Å²) in [5.41, 5.74) is 0.284. The summed E-state index contributed by atoms with van der Waals surface area (Å²) in [7, 11) is 0. The highest BCUT2D eigenvalue weighted by atomic mass is 16.3. The molecule has 0 saturated carbocycles. The van der Waals surface area contributed by atoms with Crippen LogP contribution in [0.4, 0.5) is 11.5 Å². The third kappa shape index (κ3) is 1.64. The van der Waals surface area contributed by atoms with Crippen molar-refractivity contribution >= 4 is 11.5 Å². The molecule has 11 heavy (non-hydrogen) atoms. The van der Waals surface area contributed by atoms with Crippen LogP contribution in [0.3, 0.4) is 0 Å². The number of nitrogens with zero attached hydrogens (tertiary/aromatic N) is 2. The Kier molecular flexibility index (Phi) is 2.37. The van der Waals surface area contributed by atoms with E-state index in [1.807, 2.05) is 0 Å². The van der Waals surface area contributed by atoms with E-state index >= 15 is 0 Å². The van der Waals surface area contributed by atoms with Crippen molar-refractivity contribution in [3.05, 3.63) is 23.8 Å². The van der Waals surface area contributed by atoms with Gasteiger partial charge in [-0.3, -0.25) is 5.10 Å². The predicted octanol–water partition coefficient (Wildman–Crippen LogP) is 1.41. The van der Waals surface area contributed by atoms with E-state index in [0.29, 0.717) is 12.4 Å². The number of nitroso groups, excluding NO2 is 1. The molecule has 0 spiro atoms. The molecule has 5 heteroatoms. The average molecular weight is 152 g/mol. The van der Waals surface area contributed by atoms with Gasteiger partial charge in [-0.25, -0.2) is 0 Å². The molecule has 0 unspecified atom stereocenters. The molecule has 1 heterocycles. The van der Waals surface area contributed by atoms with E-state index in [-0.39, 0.29) is 5.69 Å². The summed E-state index contributed by atoms with van der Waals surface area (Å²) in [5, 5.41) is 11.8. The molecule has 0 atom stereocenters. The Bertz CT molecular complexity index is 255. The number of hydrogen-bond donors (Lipinski definition) is 2. The van der Waals surface area contributed by atoms with Gasteiger partial charge in [0, 0.05) is 6.54 Å². The maximum absolute atomic E-state index is 10.1. The van der Waals surface area contributed by atoms with Crippen LogP contribution in [0, 0.1) is 4.91 Å². The van der Waals surface area contributed by atoms with Gasteiger partial charge in [0.2, 0.25) is 0 Å². The first-order valence-electron chi connectivity index (χ1n) is 3.10. The van der Waals surface area contributed by atoms with Crippen molar-refractivity contribution in [3.8, 4) is 0 Å². The number of aromatic nitrogens is 2. The molecule has 0 fully saturated rings. The van der Waals surface area contributed by atoms with Gasteiger partial charge in [-0.05, 0) is 5.18 Å². The minimum Gasteiger partial charge on any atom is -0.365 e. The third-order valence-corrected chi connectivity index (χ3v) is 1.14. The number of aromatic amines is 1. The highest BCUT2D eigenvalue weighted by Gasteiger charge is 2.01. The molecule has 1 aromatic rings. The number of rotatable bonds is 4. The van der Waals surface area contributed by atoms with Crippen LogP contribution in [0.5, 0.6) is 0 Å². The second-order valence-corrected chi connectivity index (χ2v) is 1.89. The van der Waals surface area contributed by atoms with Crippen molar-refractivity contribution in [2.45, 2.75) is 0 Å². The SMILES string of the molecule is C=CCNc1[nH]ncc1N=O. The van der Waals surface area contributed by atoms with Crippen molar-refractivity contribution in [1.29, 1.82) is 0 Å². The number of anilines is 1. The minimum absolute atomic E-state index is 0.284. The van der Waals surface area contributed by atoms with Gasteiger partial charge in [0.15, 0.2) is 11.5 Å². The molecule has 1 aromatic heterocycles. The first-order valence-corrected chi connectivity index (χ1v) is 3.10. The summed E-state index contributed by atoms with van der Waals surface area (Å²) < 4.78 is 0. The second-order valence-electron chi connectivity index (χ2n) is 1.89. The first kappa shape index (κ1) is 7.46. The smallest absolute Gasteiger partial charge is 0.169 e. The highest BCUT2D eigenvalue weighted by molar-refractivity contribution is 5.58. The van der Waals surface area contributed by atoms with Gasteiger partial charge in [-0.15, -0.1) is 11.5 Å². The van der Waals surface area contributed by atoms with Crippen molar-refractivity contribution in [1.82, 2.24) is 10.2 Å². The molecular weight excluding hydrogens is 144 g/mol. The van der Waals surface area contributed by atoms with E-state index < -0.39 is 0 Å². The molecule has 58 valence electrons. The molecule has 0 amide bonds. The lowest BCUT2D eigenvalue weighted by atomic mass is 10.5. The summed E-state index contributed by atoms with van der Waals surface area (Å²) in [6.45, 7) is 4.08. The van der Waals surface area contributed by atoms with Crippen LogP contribution in [0.25, 0.3) is 0 Å². The quantitative estimate of drug-likeness (QED) is 0.506. The summed E-state index contributed by atoms with van der Waals surface area (Å²) in [6.07, 6.45) is 3.04. The van der Waals surface area contributed by atoms with Gasteiger partial charge in [0.1, 0.15) is 0 Å². The zero-order valence-corrected chi connectivity index (χ0v) is 5.87. The topological polar surface area (TPSA) is 70.1 Å². The maximum Gasteiger partial charge on any atom is 0.169 e. The largest absolute Gasteiger partial charge is 0.365 e. The summed E-state index contributed by atoms with van der Waals surface area (Å²) >= 11 is 0. The standard InChI is InChI=1S/C6H8N4O/c1-2-3-7-6-5(10-11)4-8-9-6/h2,4H,1,3H2,(H2,7,8,9). The van der Waals surface area contributed by atoms with Gasteiger partial charge in [0.05, 0.1) is 6.20 Å². The Morgan fingerprint density at radius 3 is 3.36 bits per heavy atom. The minimum atomic E-state index is 0.284. The molecule has 2 N–H and O–H groups in total. The lowest BCUT2D eigenvalue weighted by Gasteiger charge is -1.96. The van der Waals surface area contributed by atoms with Crippen LogP contribution >= 0.6 is 0 Å². The normalized spacial score (nSPS) is 9.09. The van der Waals surface area contributed by atoms with Crippen LogP contribution in [-0.2, 0) is 0 Å². The van der Waals surface area contributed by atoms with Crippen LogP contribution in [0.1, 0.15) is 0 Å².